The van der Waals surface area contributed by atoms with Gasteiger partial charge in [-0.1, -0.05) is 43.3 Å². The van der Waals surface area contributed by atoms with Gasteiger partial charge >= 0.3 is 0 Å². The van der Waals surface area contributed by atoms with Gasteiger partial charge in [-0.15, -0.1) is 0 Å². The lowest BCUT2D eigenvalue weighted by atomic mass is 10.0. The number of hydrogen-bond donors (Lipinski definition) is 1. The van der Waals surface area contributed by atoms with Crippen molar-refractivity contribution in [2.45, 2.75) is 26.3 Å². The lowest BCUT2D eigenvalue weighted by Crippen LogP contribution is -2.24. The number of anilines is 1. The molecule has 2 heteroatoms. The molecule has 0 fully saturated rings. The van der Waals surface area contributed by atoms with E-state index in [2.05, 4.69) is 44.0 Å². The summed E-state index contributed by atoms with van der Waals surface area (Å²) in [5.74, 6) is 0.370. The number of rotatable bonds is 4. The first kappa shape index (κ1) is 13.5. The number of nitrogens with zero attached hydrogens (tertiary/aromatic N) is 1. The van der Waals surface area contributed by atoms with Crippen molar-refractivity contribution in [2.24, 2.45) is 0 Å². The Morgan fingerprint density at radius 2 is 1.68 bits per heavy atom. The lowest BCUT2D eigenvalue weighted by Gasteiger charge is -2.31. The minimum Gasteiger partial charge on any atom is -0.508 e. The summed E-state index contributed by atoms with van der Waals surface area (Å²) in [5.41, 5.74) is 3.44. The maximum Gasteiger partial charge on any atom is 0.120 e. The van der Waals surface area contributed by atoms with Gasteiger partial charge in [0.2, 0.25) is 0 Å². The second kappa shape index (κ2) is 5.79. The fraction of sp³-hybridized carbons (Fsp3) is 0.294. The van der Waals surface area contributed by atoms with Crippen LogP contribution < -0.4 is 4.90 Å². The van der Waals surface area contributed by atoms with Crippen LogP contribution in [0.3, 0.4) is 0 Å². The topological polar surface area (TPSA) is 23.5 Å². The van der Waals surface area contributed by atoms with Crippen LogP contribution >= 0.6 is 0 Å². The summed E-state index contributed by atoms with van der Waals surface area (Å²) >= 11 is 0. The molecule has 0 aromatic heterocycles. The van der Waals surface area contributed by atoms with E-state index in [4.69, 9.17) is 0 Å². The predicted molar refractivity (Wildman–Crippen MR) is 80.7 cm³/mol. The van der Waals surface area contributed by atoms with Crippen LogP contribution in [0.25, 0.3) is 0 Å². The smallest absolute Gasteiger partial charge is 0.120 e. The number of para-hydroxylation sites is 2. The molecule has 100 valence electrons. The van der Waals surface area contributed by atoms with Crippen molar-refractivity contribution in [3.63, 3.8) is 0 Å². The van der Waals surface area contributed by atoms with Crippen molar-refractivity contribution >= 4 is 5.69 Å². The minimum atomic E-state index is 0.183. The van der Waals surface area contributed by atoms with Gasteiger partial charge in [-0.2, -0.15) is 0 Å². The Hall–Kier alpha value is -1.96. The molecule has 0 bridgehead atoms. The molecular weight excluding hydrogens is 234 g/mol. The standard InChI is InChI=1S/C17H21NO/c1-4-15(14-10-6-8-12-17(14)19)18(3)16-11-7-5-9-13(16)2/h5-12,15,19H,4H2,1-3H3. The van der Waals surface area contributed by atoms with Gasteiger partial charge in [-0.25, -0.2) is 0 Å². The molecule has 1 atom stereocenters. The van der Waals surface area contributed by atoms with Crippen LogP contribution in [0, 0.1) is 6.92 Å². The number of aryl methyl sites for hydroxylation is 1. The Kier molecular flexibility index (Phi) is 4.10. The van der Waals surface area contributed by atoms with E-state index in [1.54, 1.807) is 6.07 Å². The lowest BCUT2D eigenvalue weighted by molar-refractivity contribution is 0.458. The fourth-order valence-corrected chi connectivity index (χ4v) is 2.60. The first-order valence-electron chi connectivity index (χ1n) is 6.71. The molecule has 1 unspecified atom stereocenters. The van der Waals surface area contributed by atoms with Crippen molar-refractivity contribution in [3.8, 4) is 5.75 Å². The molecule has 0 spiro atoms. The van der Waals surface area contributed by atoms with Crippen LogP contribution in [0.4, 0.5) is 5.69 Å². The Bertz CT molecular complexity index is 550. The third-order valence-electron chi connectivity index (χ3n) is 3.65. The molecule has 0 saturated heterocycles. The Balaban J connectivity index is 2.38. The molecule has 0 amide bonds. The van der Waals surface area contributed by atoms with E-state index >= 15 is 0 Å². The van der Waals surface area contributed by atoms with Crippen molar-refractivity contribution in [1.29, 1.82) is 0 Å². The van der Waals surface area contributed by atoms with Crippen LogP contribution in [-0.2, 0) is 0 Å². The zero-order chi connectivity index (χ0) is 13.8. The number of benzene rings is 2. The summed E-state index contributed by atoms with van der Waals surface area (Å²) in [4.78, 5) is 2.24. The van der Waals surface area contributed by atoms with Gasteiger partial charge in [0.05, 0.1) is 6.04 Å². The second-order valence-electron chi connectivity index (χ2n) is 4.88. The zero-order valence-corrected chi connectivity index (χ0v) is 11.8. The van der Waals surface area contributed by atoms with E-state index in [1.165, 1.54) is 11.3 Å². The largest absolute Gasteiger partial charge is 0.508 e. The van der Waals surface area contributed by atoms with Crippen LogP contribution in [0.5, 0.6) is 5.75 Å². The third-order valence-corrected chi connectivity index (χ3v) is 3.65. The molecule has 0 heterocycles. The molecule has 0 aliphatic carbocycles. The number of hydrogen-bond acceptors (Lipinski definition) is 2. The quantitative estimate of drug-likeness (QED) is 0.881. The minimum absolute atomic E-state index is 0.183. The molecule has 1 N–H and O–H groups in total. The Morgan fingerprint density at radius 1 is 1.05 bits per heavy atom. The van der Waals surface area contributed by atoms with E-state index in [0.29, 0.717) is 5.75 Å². The Labute approximate surface area is 115 Å². The maximum absolute atomic E-state index is 10.1. The number of aromatic hydroxyl groups is 1. The maximum atomic E-state index is 10.1. The van der Waals surface area contributed by atoms with Gasteiger partial charge in [0, 0.05) is 18.3 Å². The van der Waals surface area contributed by atoms with Crippen LogP contribution in [-0.4, -0.2) is 12.2 Å². The highest BCUT2D eigenvalue weighted by Gasteiger charge is 2.19. The Morgan fingerprint density at radius 3 is 2.32 bits per heavy atom. The van der Waals surface area contributed by atoms with Gasteiger partial charge in [0.15, 0.2) is 0 Å². The summed E-state index contributed by atoms with van der Waals surface area (Å²) in [5, 5.41) is 10.1. The molecule has 0 aliphatic heterocycles. The summed E-state index contributed by atoms with van der Waals surface area (Å²) in [6.07, 6.45) is 0.947. The highest BCUT2D eigenvalue weighted by atomic mass is 16.3. The first-order chi connectivity index (χ1) is 9.15. The molecule has 0 aliphatic rings. The van der Waals surface area contributed by atoms with E-state index < -0.39 is 0 Å². The third kappa shape index (κ3) is 2.73. The van der Waals surface area contributed by atoms with Crippen LogP contribution in [0.1, 0.15) is 30.5 Å². The fourth-order valence-electron chi connectivity index (χ4n) is 2.60. The summed E-state index contributed by atoms with van der Waals surface area (Å²) in [6.45, 7) is 4.26. The van der Waals surface area contributed by atoms with E-state index in [1.807, 2.05) is 24.3 Å². The normalized spacial score (nSPS) is 12.2. The number of phenols is 1. The molecule has 2 aromatic rings. The molecule has 2 nitrogen and oxygen atoms in total. The molecular formula is C17H21NO. The van der Waals surface area contributed by atoms with Gasteiger partial charge < -0.3 is 10.0 Å². The van der Waals surface area contributed by atoms with Crippen LogP contribution in [0.2, 0.25) is 0 Å². The summed E-state index contributed by atoms with van der Waals surface area (Å²) < 4.78 is 0. The van der Waals surface area contributed by atoms with Gasteiger partial charge in [-0.05, 0) is 31.0 Å². The first-order valence-corrected chi connectivity index (χ1v) is 6.71. The van der Waals surface area contributed by atoms with Crippen molar-refractivity contribution < 1.29 is 5.11 Å². The van der Waals surface area contributed by atoms with Gasteiger partial charge in [0.25, 0.3) is 0 Å². The van der Waals surface area contributed by atoms with Crippen molar-refractivity contribution in [1.82, 2.24) is 0 Å². The summed E-state index contributed by atoms with van der Waals surface area (Å²) in [7, 11) is 2.09. The average molecular weight is 255 g/mol. The monoisotopic (exact) mass is 255 g/mol. The predicted octanol–water partition coefficient (Wildman–Crippen LogP) is 4.29. The van der Waals surface area contributed by atoms with E-state index in [0.717, 1.165) is 12.0 Å². The van der Waals surface area contributed by atoms with Crippen molar-refractivity contribution in [2.75, 3.05) is 11.9 Å². The highest BCUT2D eigenvalue weighted by Crippen LogP contribution is 2.34. The molecule has 0 radical (unpaired) electrons. The van der Waals surface area contributed by atoms with E-state index in [-0.39, 0.29) is 6.04 Å². The molecule has 19 heavy (non-hydrogen) atoms. The van der Waals surface area contributed by atoms with Gasteiger partial charge in [0.1, 0.15) is 5.75 Å². The number of phenolic OH excluding ortho intramolecular Hbond substituents is 1. The van der Waals surface area contributed by atoms with Crippen molar-refractivity contribution in [3.05, 3.63) is 59.7 Å². The average Bonchev–Trinajstić information content (AvgIpc) is 2.42. The molecule has 0 saturated carbocycles. The second-order valence-corrected chi connectivity index (χ2v) is 4.88. The summed E-state index contributed by atoms with van der Waals surface area (Å²) in [6, 6.07) is 16.1. The van der Waals surface area contributed by atoms with Gasteiger partial charge in [-0.3, -0.25) is 0 Å². The SMILES string of the molecule is CCC(c1ccccc1O)N(C)c1ccccc1C. The van der Waals surface area contributed by atoms with E-state index in [9.17, 15) is 5.11 Å². The van der Waals surface area contributed by atoms with Crippen LogP contribution in [0.15, 0.2) is 48.5 Å². The zero-order valence-electron chi connectivity index (χ0n) is 11.8. The molecule has 2 aromatic carbocycles. The highest BCUT2D eigenvalue weighted by molar-refractivity contribution is 5.55. The molecule has 2 rings (SSSR count).